The Labute approximate surface area is 280 Å². The van der Waals surface area contributed by atoms with Crippen LogP contribution >= 0.6 is 0 Å². The molecule has 11 nitrogen and oxygen atoms in total. The number of hydrogen-bond acceptors (Lipinski definition) is 7. The van der Waals surface area contributed by atoms with Gasteiger partial charge in [0, 0.05) is 32.4 Å². The second kappa shape index (κ2) is 19.6. The summed E-state index contributed by atoms with van der Waals surface area (Å²) >= 11 is 0. The molecule has 2 saturated carbocycles. The Balaban J connectivity index is 1.45. The van der Waals surface area contributed by atoms with Crippen LogP contribution in [0.5, 0.6) is 0 Å². The summed E-state index contributed by atoms with van der Waals surface area (Å²) in [5.74, 6) is -0.413. The zero-order chi connectivity index (χ0) is 34.2. The molecule has 264 valence electrons. The van der Waals surface area contributed by atoms with E-state index in [0.29, 0.717) is 38.1 Å². The lowest BCUT2D eigenvalue weighted by Gasteiger charge is -2.32. The number of aliphatic hydroxyl groups excluding tert-OH is 2. The second-order valence-electron chi connectivity index (χ2n) is 14.3. The minimum absolute atomic E-state index is 0.0164. The standard InChI is InChI=1S/C36H58N4O7/c1-36(2,3)47-35(46)38-21-12-6-11-17-30(41)40-29(24-26-15-9-5-10-16-26)34(45)37-22-20-31(42)39-28(23-25-13-7-4-8-14-25)33(44)32(43)27-18-19-27/h5,9-10,15-16,25,27-29,32-33,43-44H,4,6-8,11-14,17-24H2,1-3H3,(H,37,45)(H,38,46)(H,39,42)(H,40,41)/t28-,29-,32-,33+/m0/s1. The summed E-state index contributed by atoms with van der Waals surface area (Å²) in [6.45, 7) is 5.93. The van der Waals surface area contributed by atoms with Gasteiger partial charge in [-0.15, -0.1) is 0 Å². The molecule has 0 unspecified atom stereocenters. The Morgan fingerprint density at radius 3 is 2.17 bits per heavy atom. The number of benzene rings is 1. The average molecular weight is 659 g/mol. The van der Waals surface area contributed by atoms with Gasteiger partial charge >= 0.3 is 6.09 Å². The van der Waals surface area contributed by atoms with Crippen molar-refractivity contribution in [2.24, 2.45) is 11.8 Å². The van der Waals surface area contributed by atoms with Crippen LogP contribution in [-0.4, -0.2) is 77.0 Å². The largest absolute Gasteiger partial charge is 0.444 e. The highest BCUT2D eigenvalue weighted by molar-refractivity contribution is 5.88. The zero-order valence-electron chi connectivity index (χ0n) is 28.6. The average Bonchev–Trinajstić information content (AvgIpc) is 3.87. The summed E-state index contributed by atoms with van der Waals surface area (Å²) in [7, 11) is 0. The molecule has 0 spiro atoms. The fourth-order valence-corrected chi connectivity index (χ4v) is 6.14. The molecule has 0 aliphatic heterocycles. The Hall–Kier alpha value is -3.18. The number of aliphatic hydroxyl groups is 2. The third kappa shape index (κ3) is 15.5. The van der Waals surface area contributed by atoms with E-state index in [4.69, 9.17) is 4.74 Å². The third-order valence-corrected chi connectivity index (χ3v) is 8.86. The Bertz CT molecular complexity index is 1120. The van der Waals surface area contributed by atoms with Crippen LogP contribution in [0.25, 0.3) is 0 Å². The number of nitrogens with one attached hydrogen (secondary N) is 4. The van der Waals surface area contributed by atoms with Crippen molar-refractivity contribution < 1.29 is 34.1 Å². The number of alkyl carbamates (subject to hydrolysis) is 1. The lowest BCUT2D eigenvalue weighted by molar-refractivity contribution is -0.129. The molecule has 0 heterocycles. The van der Waals surface area contributed by atoms with Crippen LogP contribution in [0.2, 0.25) is 0 Å². The van der Waals surface area contributed by atoms with E-state index in [-0.39, 0.29) is 43.0 Å². The molecule has 11 heteroatoms. The zero-order valence-corrected chi connectivity index (χ0v) is 28.6. The van der Waals surface area contributed by atoms with Crippen LogP contribution in [0.15, 0.2) is 30.3 Å². The van der Waals surface area contributed by atoms with Crippen LogP contribution in [0.1, 0.15) is 110 Å². The predicted molar refractivity (Wildman–Crippen MR) is 180 cm³/mol. The topological polar surface area (TPSA) is 166 Å². The van der Waals surface area contributed by atoms with Gasteiger partial charge in [-0.1, -0.05) is 68.9 Å². The first-order chi connectivity index (χ1) is 22.4. The molecular weight excluding hydrogens is 600 g/mol. The summed E-state index contributed by atoms with van der Waals surface area (Å²) < 4.78 is 5.22. The van der Waals surface area contributed by atoms with Gasteiger partial charge in [0.05, 0.1) is 12.1 Å². The fourth-order valence-electron chi connectivity index (χ4n) is 6.14. The van der Waals surface area contributed by atoms with Gasteiger partial charge in [0.15, 0.2) is 0 Å². The molecule has 0 aromatic heterocycles. The SMILES string of the molecule is CC(C)(C)OC(=O)NCCCCCC(=O)N[C@@H](Cc1ccccc1)C(=O)NCCC(=O)N[C@@H](CC1CCCCC1)[C@@H](O)[C@@H](O)C1CC1. The second-order valence-corrected chi connectivity index (χ2v) is 14.3. The molecule has 47 heavy (non-hydrogen) atoms. The van der Waals surface area contributed by atoms with Gasteiger partial charge < -0.3 is 36.2 Å². The van der Waals surface area contributed by atoms with E-state index >= 15 is 0 Å². The summed E-state index contributed by atoms with van der Waals surface area (Å²) in [5, 5.41) is 32.9. The number of unbranched alkanes of at least 4 members (excludes halogenated alkanes) is 2. The first-order valence-electron chi connectivity index (χ1n) is 17.6. The van der Waals surface area contributed by atoms with Gasteiger partial charge in [0.1, 0.15) is 17.7 Å². The van der Waals surface area contributed by atoms with Crippen molar-refractivity contribution in [3.63, 3.8) is 0 Å². The molecule has 4 amide bonds. The molecule has 3 rings (SSSR count). The molecule has 2 fully saturated rings. The minimum Gasteiger partial charge on any atom is -0.444 e. The molecule has 2 aliphatic carbocycles. The molecule has 4 atom stereocenters. The number of rotatable bonds is 19. The number of carbonyl (C=O) groups excluding carboxylic acids is 4. The molecule has 2 aliphatic rings. The fraction of sp³-hybridized carbons (Fsp3) is 0.722. The summed E-state index contributed by atoms with van der Waals surface area (Å²) in [6, 6.07) is 8.08. The smallest absolute Gasteiger partial charge is 0.407 e. The summed E-state index contributed by atoms with van der Waals surface area (Å²) in [4.78, 5) is 50.7. The van der Waals surface area contributed by atoms with Crippen molar-refractivity contribution in [3.8, 4) is 0 Å². The third-order valence-electron chi connectivity index (χ3n) is 8.86. The number of carbonyl (C=O) groups is 4. The van der Waals surface area contributed by atoms with Crippen LogP contribution in [0.4, 0.5) is 4.79 Å². The lowest BCUT2D eigenvalue weighted by atomic mass is 9.82. The van der Waals surface area contributed by atoms with Gasteiger partial charge in [-0.2, -0.15) is 0 Å². The monoisotopic (exact) mass is 658 g/mol. The number of ether oxygens (including phenoxy) is 1. The Morgan fingerprint density at radius 1 is 0.830 bits per heavy atom. The highest BCUT2D eigenvalue weighted by Gasteiger charge is 2.39. The van der Waals surface area contributed by atoms with Crippen LogP contribution in [0.3, 0.4) is 0 Å². The van der Waals surface area contributed by atoms with Gasteiger partial charge in [-0.25, -0.2) is 4.79 Å². The Kier molecular flexibility index (Phi) is 16.0. The maximum atomic E-state index is 13.2. The van der Waals surface area contributed by atoms with Gasteiger partial charge in [0.25, 0.3) is 0 Å². The van der Waals surface area contributed by atoms with Crippen molar-refractivity contribution in [2.45, 2.75) is 141 Å². The van der Waals surface area contributed by atoms with Crippen LogP contribution in [-0.2, 0) is 25.5 Å². The van der Waals surface area contributed by atoms with Crippen LogP contribution < -0.4 is 21.3 Å². The summed E-state index contributed by atoms with van der Waals surface area (Å²) in [6.07, 6.45) is 8.30. The maximum absolute atomic E-state index is 13.2. The van der Waals surface area contributed by atoms with Crippen molar-refractivity contribution in [1.29, 1.82) is 0 Å². The number of amides is 4. The van der Waals surface area contributed by atoms with Gasteiger partial charge in [-0.3, -0.25) is 14.4 Å². The normalized spacial score (nSPS) is 17.9. The van der Waals surface area contributed by atoms with Crippen molar-refractivity contribution >= 4 is 23.8 Å². The van der Waals surface area contributed by atoms with Crippen molar-refractivity contribution in [3.05, 3.63) is 35.9 Å². The quantitative estimate of drug-likeness (QED) is 0.123. The first kappa shape index (κ1) is 38.3. The maximum Gasteiger partial charge on any atom is 0.407 e. The molecule has 1 aromatic carbocycles. The minimum atomic E-state index is -1.02. The number of hydrogen-bond donors (Lipinski definition) is 6. The molecule has 0 saturated heterocycles. The van der Waals surface area contributed by atoms with E-state index in [1.165, 1.54) is 6.42 Å². The molecule has 0 radical (unpaired) electrons. The van der Waals surface area contributed by atoms with E-state index in [9.17, 15) is 29.4 Å². The lowest BCUT2D eigenvalue weighted by Crippen LogP contribution is -2.51. The highest BCUT2D eigenvalue weighted by atomic mass is 16.6. The van der Waals surface area contributed by atoms with Crippen molar-refractivity contribution in [2.75, 3.05) is 13.1 Å². The van der Waals surface area contributed by atoms with Crippen molar-refractivity contribution in [1.82, 2.24) is 21.3 Å². The van der Waals surface area contributed by atoms with E-state index in [0.717, 1.165) is 50.5 Å². The van der Waals surface area contributed by atoms with Crippen LogP contribution in [0, 0.1) is 11.8 Å². The molecule has 1 aromatic rings. The molecule has 6 N–H and O–H groups in total. The summed E-state index contributed by atoms with van der Waals surface area (Å²) in [5.41, 5.74) is 0.338. The van der Waals surface area contributed by atoms with E-state index < -0.39 is 36.0 Å². The first-order valence-corrected chi connectivity index (χ1v) is 17.6. The highest BCUT2D eigenvalue weighted by Crippen LogP contribution is 2.36. The van der Waals surface area contributed by atoms with E-state index in [1.807, 2.05) is 30.3 Å². The molecule has 0 bridgehead atoms. The van der Waals surface area contributed by atoms with E-state index in [2.05, 4.69) is 21.3 Å². The predicted octanol–water partition coefficient (Wildman–Crippen LogP) is 3.89. The van der Waals surface area contributed by atoms with Gasteiger partial charge in [0.2, 0.25) is 17.7 Å². The van der Waals surface area contributed by atoms with E-state index in [1.54, 1.807) is 20.8 Å². The Morgan fingerprint density at radius 2 is 1.51 bits per heavy atom. The molecular formula is C36H58N4O7. The van der Waals surface area contributed by atoms with Gasteiger partial charge in [-0.05, 0) is 70.3 Å².